The van der Waals surface area contributed by atoms with Crippen LogP contribution >= 0.6 is 24.0 Å². The first-order valence-electron chi connectivity index (χ1n) is 6.12. The smallest absolute Gasteiger partial charge is 0.270 e. The van der Waals surface area contributed by atoms with E-state index in [1.54, 1.807) is 54.9 Å². The number of rotatable bonds is 2. The van der Waals surface area contributed by atoms with Gasteiger partial charge in [0.2, 0.25) is 0 Å². The summed E-state index contributed by atoms with van der Waals surface area (Å²) in [5.41, 5.74) is 1.49. The SMILES string of the molecule is O=C1C(=Cc2ccc(O)cc2)SC(=S)N1c1cccnc1. The first-order chi connectivity index (χ1) is 10.1. The van der Waals surface area contributed by atoms with Crippen LogP contribution in [-0.2, 0) is 4.79 Å². The molecule has 1 saturated heterocycles. The van der Waals surface area contributed by atoms with E-state index in [2.05, 4.69) is 4.98 Å². The van der Waals surface area contributed by atoms with Gasteiger partial charge in [-0.3, -0.25) is 14.7 Å². The van der Waals surface area contributed by atoms with Gasteiger partial charge in [-0.15, -0.1) is 0 Å². The molecule has 6 heteroatoms. The standard InChI is InChI=1S/C15H10N2O2S2/c18-12-5-3-10(4-6-12)8-13-14(19)17(15(20)21-13)11-2-1-7-16-9-11/h1-9,18H. The summed E-state index contributed by atoms with van der Waals surface area (Å²) < 4.78 is 0.484. The first kappa shape index (κ1) is 13.8. The van der Waals surface area contributed by atoms with E-state index in [9.17, 15) is 9.90 Å². The van der Waals surface area contributed by atoms with Gasteiger partial charge in [0.25, 0.3) is 5.91 Å². The second-order valence-corrected chi connectivity index (χ2v) is 6.00. The summed E-state index contributed by atoms with van der Waals surface area (Å²) in [5.74, 6) is 0.0288. The molecule has 2 aromatic rings. The predicted molar refractivity (Wildman–Crippen MR) is 88.0 cm³/mol. The number of anilines is 1. The number of phenolic OH excluding ortho intramolecular Hbond substituents is 1. The maximum absolute atomic E-state index is 12.5. The molecule has 1 aliphatic rings. The molecule has 4 nitrogen and oxygen atoms in total. The van der Waals surface area contributed by atoms with Crippen LogP contribution in [-0.4, -0.2) is 20.3 Å². The van der Waals surface area contributed by atoms with Crippen molar-refractivity contribution in [3.05, 3.63) is 59.3 Å². The van der Waals surface area contributed by atoms with E-state index >= 15 is 0 Å². The molecular formula is C15H10N2O2S2. The number of nitrogens with zero attached hydrogens (tertiary/aromatic N) is 2. The molecule has 1 aromatic carbocycles. The van der Waals surface area contributed by atoms with Crippen LogP contribution in [0.2, 0.25) is 0 Å². The van der Waals surface area contributed by atoms with Gasteiger partial charge in [-0.1, -0.05) is 36.1 Å². The number of pyridine rings is 1. The summed E-state index contributed by atoms with van der Waals surface area (Å²) in [6.45, 7) is 0. The Morgan fingerprint density at radius 2 is 2.00 bits per heavy atom. The second-order valence-electron chi connectivity index (χ2n) is 4.32. The zero-order valence-electron chi connectivity index (χ0n) is 10.8. The number of hydrogen-bond donors (Lipinski definition) is 1. The van der Waals surface area contributed by atoms with Crippen LogP contribution in [0, 0.1) is 0 Å². The predicted octanol–water partition coefficient (Wildman–Crippen LogP) is 3.19. The third-order valence-corrected chi connectivity index (χ3v) is 4.19. The van der Waals surface area contributed by atoms with Gasteiger partial charge in [0, 0.05) is 6.20 Å². The Morgan fingerprint density at radius 3 is 2.67 bits per heavy atom. The van der Waals surface area contributed by atoms with Crippen molar-refractivity contribution >= 4 is 46.0 Å². The van der Waals surface area contributed by atoms with Crippen LogP contribution in [0.5, 0.6) is 5.75 Å². The number of phenols is 1. The van der Waals surface area contributed by atoms with Crippen LogP contribution in [0.25, 0.3) is 6.08 Å². The number of thioether (sulfide) groups is 1. The van der Waals surface area contributed by atoms with Crippen LogP contribution in [0.1, 0.15) is 5.56 Å². The van der Waals surface area contributed by atoms with E-state index in [1.807, 2.05) is 0 Å². The molecule has 0 atom stereocenters. The van der Waals surface area contributed by atoms with Gasteiger partial charge in [0.1, 0.15) is 5.75 Å². The van der Waals surface area contributed by atoms with Crippen LogP contribution in [0.3, 0.4) is 0 Å². The Balaban J connectivity index is 1.92. The van der Waals surface area contributed by atoms with Crippen molar-refractivity contribution < 1.29 is 9.90 Å². The van der Waals surface area contributed by atoms with Crippen molar-refractivity contribution in [2.75, 3.05) is 4.90 Å². The molecule has 0 saturated carbocycles. The van der Waals surface area contributed by atoms with Crippen molar-refractivity contribution in [2.45, 2.75) is 0 Å². The number of thiocarbonyl (C=S) groups is 1. The Kier molecular flexibility index (Phi) is 3.72. The molecule has 0 radical (unpaired) electrons. The molecule has 1 fully saturated rings. The molecular weight excluding hydrogens is 304 g/mol. The third kappa shape index (κ3) is 2.81. The number of aromatic hydroxyl groups is 1. The number of aromatic nitrogens is 1. The summed E-state index contributed by atoms with van der Waals surface area (Å²) in [6, 6.07) is 10.2. The normalized spacial score (nSPS) is 16.8. The molecule has 0 bridgehead atoms. The Labute approximate surface area is 131 Å². The highest BCUT2D eigenvalue weighted by atomic mass is 32.2. The molecule has 104 valence electrons. The second kappa shape index (κ2) is 5.67. The monoisotopic (exact) mass is 314 g/mol. The summed E-state index contributed by atoms with van der Waals surface area (Å²) in [5, 5.41) is 9.27. The first-order valence-corrected chi connectivity index (χ1v) is 7.34. The van der Waals surface area contributed by atoms with E-state index in [0.29, 0.717) is 14.9 Å². The molecule has 1 amide bonds. The molecule has 0 unspecified atom stereocenters. The highest BCUT2D eigenvalue weighted by Gasteiger charge is 2.33. The van der Waals surface area contributed by atoms with Gasteiger partial charge in [-0.2, -0.15) is 0 Å². The highest BCUT2D eigenvalue weighted by Crippen LogP contribution is 2.35. The molecule has 1 aromatic heterocycles. The van der Waals surface area contributed by atoms with Gasteiger partial charge >= 0.3 is 0 Å². The number of hydrogen-bond acceptors (Lipinski definition) is 5. The number of carbonyl (C=O) groups is 1. The molecule has 21 heavy (non-hydrogen) atoms. The van der Waals surface area contributed by atoms with Gasteiger partial charge in [0.15, 0.2) is 4.32 Å². The van der Waals surface area contributed by atoms with E-state index in [4.69, 9.17) is 12.2 Å². The fraction of sp³-hybridized carbons (Fsp3) is 0. The molecule has 3 rings (SSSR count). The van der Waals surface area contributed by atoms with Gasteiger partial charge in [-0.05, 0) is 35.9 Å². The minimum absolute atomic E-state index is 0.161. The molecule has 2 heterocycles. The summed E-state index contributed by atoms with van der Waals surface area (Å²) in [4.78, 5) is 18.5. The average Bonchev–Trinajstić information content (AvgIpc) is 2.77. The Bertz CT molecular complexity index is 727. The maximum atomic E-state index is 12.5. The Hall–Kier alpha value is -2.18. The van der Waals surface area contributed by atoms with E-state index in [1.165, 1.54) is 16.7 Å². The molecule has 0 aliphatic carbocycles. The zero-order chi connectivity index (χ0) is 14.8. The van der Waals surface area contributed by atoms with E-state index < -0.39 is 0 Å². The largest absolute Gasteiger partial charge is 0.508 e. The third-order valence-electron chi connectivity index (χ3n) is 2.89. The number of carbonyl (C=O) groups excluding carboxylic acids is 1. The van der Waals surface area contributed by atoms with Crippen molar-refractivity contribution in [1.82, 2.24) is 4.98 Å². The minimum atomic E-state index is -0.161. The highest BCUT2D eigenvalue weighted by molar-refractivity contribution is 8.27. The van der Waals surface area contributed by atoms with Crippen molar-refractivity contribution in [1.29, 1.82) is 0 Å². The topological polar surface area (TPSA) is 53.4 Å². The summed E-state index contributed by atoms with van der Waals surface area (Å²) in [7, 11) is 0. The minimum Gasteiger partial charge on any atom is -0.508 e. The van der Waals surface area contributed by atoms with Crippen molar-refractivity contribution in [3.63, 3.8) is 0 Å². The van der Waals surface area contributed by atoms with Crippen LogP contribution in [0.15, 0.2) is 53.7 Å². The molecule has 1 aliphatic heterocycles. The van der Waals surface area contributed by atoms with Crippen LogP contribution < -0.4 is 4.90 Å². The lowest BCUT2D eigenvalue weighted by molar-refractivity contribution is -0.113. The summed E-state index contributed by atoms with van der Waals surface area (Å²) in [6.07, 6.45) is 5.01. The van der Waals surface area contributed by atoms with Gasteiger partial charge in [-0.25, -0.2) is 0 Å². The average molecular weight is 314 g/mol. The zero-order valence-corrected chi connectivity index (χ0v) is 12.4. The van der Waals surface area contributed by atoms with Gasteiger partial charge in [0.05, 0.1) is 16.8 Å². The fourth-order valence-electron chi connectivity index (χ4n) is 1.90. The lowest BCUT2D eigenvalue weighted by Gasteiger charge is -2.13. The van der Waals surface area contributed by atoms with E-state index in [-0.39, 0.29) is 11.7 Å². The van der Waals surface area contributed by atoms with Crippen molar-refractivity contribution in [3.8, 4) is 5.75 Å². The van der Waals surface area contributed by atoms with Crippen molar-refractivity contribution in [2.24, 2.45) is 0 Å². The number of amides is 1. The fourth-order valence-corrected chi connectivity index (χ4v) is 3.20. The number of benzene rings is 1. The van der Waals surface area contributed by atoms with E-state index in [0.717, 1.165) is 5.56 Å². The quantitative estimate of drug-likeness (QED) is 0.681. The Morgan fingerprint density at radius 1 is 1.24 bits per heavy atom. The lowest BCUT2D eigenvalue weighted by Crippen LogP contribution is -2.27. The molecule has 1 N–H and O–H groups in total. The van der Waals surface area contributed by atoms with Crippen LogP contribution in [0.4, 0.5) is 5.69 Å². The van der Waals surface area contributed by atoms with Gasteiger partial charge < -0.3 is 5.11 Å². The molecule has 0 spiro atoms. The maximum Gasteiger partial charge on any atom is 0.270 e. The lowest BCUT2D eigenvalue weighted by atomic mass is 10.2. The summed E-state index contributed by atoms with van der Waals surface area (Å²) >= 11 is 6.53.